The molecule has 0 saturated carbocycles. The second-order valence-electron chi connectivity index (χ2n) is 6.39. The van der Waals surface area contributed by atoms with Crippen LogP contribution in [-0.4, -0.2) is 42.8 Å². The number of nitrogens with one attached hydrogen (secondary N) is 2. The lowest BCUT2D eigenvalue weighted by molar-refractivity contribution is -0.136. The number of nitrogens with zero attached hydrogens (tertiary/aromatic N) is 1. The fraction of sp³-hybridized carbons (Fsp3) is 0.238. The topological polar surface area (TPSA) is 106 Å². The molecule has 29 heavy (non-hydrogen) atoms. The predicted molar refractivity (Wildman–Crippen MR) is 105 cm³/mol. The van der Waals surface area contributed by atoms with Crippen LogP contribution in [0.3, 0.4) is 0 Å². The zero-order valence-electron chi connectivity index (χ0n) is 15.6. The number of ether oxygens (including phenoxy) is 2. The number of amides is 2. The molecule has 8 nitrogen and oxygen atoms in total. The maximum absolute atomic E-state index is 11.9. The average Bonchev–Trinajstić information content (AvgIpc) is 2.75. The van der Waals surface area contributed by atoms with Gasteiger partial charge >= 0.3 is 12.1 Å². The quantitative estimate of drug-likeness (QED) is 0.401. The summed E-state index contributed by atoms with van der Waals surface area (Å²) in [4.78, 5) is 39.3. The fourth-order valence-corrected chi connectivity index (χ4v) is 2.66. The highest BCUT2D eigenvalue weighted by molar-refractivity contribution is 6.23. The summed E-state index contributed by atoms with van der Waals surface area (Å²) in [7, 11) is 0. The molecule has 1 aliphatic rings. The van der Waals surface area contributed by atoms with Crippen LogP contribution in [0.1, 0.15) is 11.1 Å². The molecular formula is C21H21N3O5. The number of β-lactam (4-membered cyclic amide) rings is 1. The van der Waals surface area contributed by atoms with E-state index in [1.165, 1.54) is 0 Å². The van der Waals surface area contributed by atoms with Gasteiger partial charge in [-0.05, 0) is 11.1 Å². The molecule has 2 aromatic rings. The largest absolute Gasteiger partial charge is 0.457 e. The highest BCUT2D eigenvalue weighted by atomic mass is 16.5. The lowest BCUT2D eigenvalue weighted by atomic mass is 9.99. The standard InChI is InChI=1S/C21H21N3O5/c25-18(28-13-15-7-3-1-4-8-15)12-22-11-17-19(20(26)23-17)24-21(27)29-14-16-9-5-2-6-10-16/h1-10,12,17,19H,11,13-14H2,(H,23,26)(H,24,27)/t17-,19+/m1/s1. The van der Waals surface area contributed by atoms with Crippen molar-refractivity contribution in [2.75, 3.05) is 6.54 Å². The molecule has 2 amide bonds. The lowest BCUT2D eigenvalue weighted by Gasteiger charge is -2.35. The SMILES string of the molecule is O=C(C=NC[C@H]1NC(=O)[C@H]1NC(=O)OCc1ccccc1)OCc1ccccc1. The summed E-state index contributed by atoms with van der Waals surface area (Å²) in [6.07, 6.45) is 0.378. The summed E-state index contributed by atoms with van der Waals surface area (Å²) in [5.74, 6) is -0.903. The van der Waals surface area contributed by atoms with Crippen molar-refractivity contribution in [2.45, 2.75) is 25.3 Å². The van der Waals surface area contributed by atoms with Crippen LogP contribution in [0.15, 0.2) is 65.7 Å². The Kier molecular flexibility index (Phi) is 6.94. The summed E-state index contributed by atoms with van der Waals surface area (Å²) in [6, 6.07) is 17.3. The van der Waals surface area contributed by atoms with Gasteiger partial charge in [0.25, 0.3) is 0 Å². The van der Waals surface area contributed by atoms with E-state index in [4.69, 9.17) is 9.47 Å². The zero-order valence-corrected chi connectivity index (χ0v) is 15.6. The minimum absolute atomic E-state index is 0.108. The van der Waals surface area contributed by atoms with Gasteiger partial charge in [-0.3, -0.25) is 9.79 Å². The molecule has 3 rings (SSSR count). The number of aliphatic imine (C=N–C) groups is 1. The molecule has 0 spiro atoms. The number of hydrogen-bond donors (Lipinski definition) is 2. The highest BCUT2D eigenvalue weighted by Crippen LogP contribution is 2.08. The van der Waals surface area contributed by atoms with Crippen molar-refractivity contribution < 1.29 is 23.9 Å². The Balaban J connectivity index is 1.38. The molecule has 2 atom stereocenters. The minimum atomic E-state index is -0.754. The lowest BCUT2D eigenvalue weighted by Crippen LogP contribution is -2.70. The Labute approximate surface area is 167 Å². The molecule has 150 valence electrons. The molecule has 2 aromatic carbocycles. The van der Waals surface area contributed by atoms with E-state index in [0.29, 0.717) is 0 Å². The molecular weight excluding hydrogens is 374 g/mol. The maximum atomic E-state index is 11.9. The van der Waals surface area contributed by atoms with E-state index in [1.807, 2.05) is 60.7 Å². The van der Waals surface area contributed by atoms with Crippen molar-refractivity contribution in [1.82, 2.24) is 10.6 Å². The number of esters is 1. The van der Waals surface area contributed by atoms with Gasteiger partial charge in [-0.25, -0.2) is 9.59 Å². The molecule has 1 saturated heterocycles. The summed E-state index contributed by atoms with van der Waals surface area (Å²) in [5, 5.41) is 5.14. The molecule has 0 unspecified atom stereocenters. The first-order valence-electron chi connectivity index (χ1n) is 9.10. The van der Waals surface area contributed by atoms with Gasteiger partial charge in [-0.2, -0.15) is 0 Å². The number of carbonyl (C=O) groups is 3. The summed E-state index contributed by atoms with van der Waals surface area (Å²) in [6.45, 7) is 0.399. The smallest absolute Gasteiger partial charge is 0.408 e. The molecule has 0 radical (unpaired) electrons. The van der Waals surface area contributed by atoms with Crippen molar-refractivity contribution in [3.63, 3.8) is 0 Å². The van der Waals surface area contributed by atoms with Crippen LogP contribution in [0.25, 0.3) is 0 Å². The van der Waals surface area contributed by atoms with E-state index >= 15 is 0 Å². The first kappa shape index (κ1) is 20.1. The number of rotatable bonds is 8. The van der Waals surface area contributed by atoms with Crippen molar-refractivity contribution in [1.29, 1.82) is 0 Å². The van der Waals surface area contributed by atoms with Gasteiger partial charge in [-0.15, -0.1) is 0 Å². The van der Waals surface area contributed by atoms with E-state index in [1.54, 1.807) is 0 Å². The predicted octanol–water partition coefficient (Wildman–Crippen LogP) is 1.59. The van der Waals surface area contributed by atoms with Gasteiger partial charge in [0.05, 0.1) is 12.6 Å². The van der Waals surface area contributed by atoms with E-state index < -0.39 is 24.1 Å². The molecule has 1 aliphatic heterocycles. The number of carbonyl (C=O) groups excluding carboxylic acids is 3. The molecule has 0 aromatic heterocycles. The number of benzene rings is 2. The van der Waals surface area contributed by atoms with Gasteiger partial charge < -0.3 is 20.1 Å². The van der Waals surface area contributed by atoms with E-state index in [0.717, 1.165) is 17.3 Å². The Morgan fingerprint density at radius 1 is 0.966 bits per heavy atom. The van der Waals surface area contributed by atoms with Crippen LogP contribution >= 0.6 is 0 Å². The Hall–Kier alpha value is -3.68. The Bertz CT molecular complexity index is 870. The van der Waals surface area contributed by atoms with E-state index in [2.05, 4.69) is 15.6 Å². The summed E-state index contributed by atoms with van der Waals surface area (Å²) in [5.41, 5.74) is 1.72. The maximum Gasteiger partial charge on any atom is 0.408 e. The van der Waals surface area contributed by atoms with Crippen LogP contribution in [0, 0.1) is 0 Å². The van der Waals surface area contributed by atoms with Gasteiger partial charge in [0.15, 0.2) is 0 Å². The average molecular weight is 395 g/mol. The third-order valence-corrected chi connectivity index (χ3v) is 4.22. The van der Waals surface area contributed by atoms with Crippen molar-refractivity contribution in [3.05, 3.63) is 71.8 Å². The van der Waals surface area contributed by atoms with Crippen LogP contribution in [0.2, 0.25) is 0 Å². The van der Waals surface area contributed by atoms with Crippen LogP contribution in [0.4, 0.5) is 4.79 Å². The zero-order chi connectivity index (χ0) is 20.5. The van der Waals surface area contributed by atoms with Crippen molar-refractivity contribution >= 4 is 24.2 Å². The number of hydrogen-bond acceptors (Lipinski definition) is 6. The molecule has 8 heteroatoms. The van der Waals surface area contributed by atoms with E-state index in [-0.39, 0.29) is 25.7 Å². The van der Waals surface area contributed by atoms with Crippen molar-refractivity contribution in [2.24, 2.45) is 4.99 Å². The molecule has 1 heterocycles. The monoisotopic (exact) mass is 395 g/mol. The van der Waals surface area contributed by atoms with Gasteiger partial charge in [0.2, 0.25) is 5.91 Å². The van der Waals surface area contributed by atoms with Gasteiger partial charge in [0, 0.05) is 0 Å². The first-order chi connectivity index (χ1) is 14.1. The van der Waals surface area contributed by atoms with Crippen LogP contribution in [-0.2, 0) is 32.3 Å². The highest BCUT2D eigenvalue weighted by Gasteiger charge is 2.40. The Morgan fingerprint density at radius 3 is 2.14 bits per heavy atom. The fourth-order valence-electron chi connectivity index (χ4n) is 2.66. The molecule has 0 aliphatic carbocycles. The summed E-state index contributed by atoms with van der Waals surface area (Å²) >= 11 is 0. The first-order valence-corrected chi connectivity index (χ1v) is 9.10. The minimum Gasteiger partial charge on any atom is -0.457 e. The third kappa shape index (κ3) is 6.17. The van der Waals surface area contributed by atoms with Gasteiger partial charge in [-0.1, -0.05) is 60.7 Å². The Morgan fingerprint density at radius 2 is 1.55 bits per heavy atom. The van der Waals surface area contributed by atoms with Crippen LogP contribution < -0.4 is 10.6 Å². The normalized spacial score (nSPS) is 17.9. The molecule has 1 fully saturated rings. The molecule has 0 bridgehead atoms. The second kappa shape index (κ2) is 10.0. The third-order valence-electron chi connectivity index (χ3n) is 4.22. The van der Waals surface area contributed by atoms with Crippen molar-refractivity contribution in [3.8, 4) is 0 Å². The second-order valence-corrected chi connectivity index (χ2v) is 6.39. The molecule has 2 N–H and O–H groups in total. The van der Waals surface area contributed by atoms with Crippen LogP contribution in [0.5, 0.6) is 0 Å². The van der Waals surface area contributed by atoms with E-state index in [9.17, 15) is 14.4 Å². The number of alkyl carbamates (subject to hydrolysis) is 1. The summed E-state index contributed by atoms with van der Waals surface area (Å²) < 4.78 is 10.2. The van der Waals surface area contributed by atoms with Gasteiger partial charge in [0.1, 0.15) is 25.5 Å².